The van der Waals surface area contributed by atoms with Crippen LogP contribution in [0.4, 0.5) is 0 Å². The summed E-state index contributed by atoms with van der Waals surface area (Å²) < 4.78 is 5.95. The Hall–Kier alpha value is -3.53. The number of fused-ring (bicyclic) bond motifs is 2. The van der Waals surface area contributed by atoms with Crippen LogP contribution >= 0.6 is 0 Å². The molecule has 0 aliphatic heterocycles. The molecular formula is C29H29N3O. The molecular weight excluding hydrogens is 406 g/mol. The van der Waals surface area contributed by atoms with Gasteiger partial charge >= 0.3 is 0 Å². The van der Waals surface area contributed by atoms with Gasteiger partial charge in [0.05, 0.1) is 23.3 Å². The molecule has 2 aromatic carbocycles. The lowest BCUT2D eigenvalue weighted by atomic mass is 9.82. The molecule has 5 rings (SSSR count). The van der Waals surface area contributed by atoms with Crippen molar-refractivity contribution in [1.82, 2.24) is 15.0 Å². The quantitative estimate of drug-likeness (QED) is 0.292. The van der Waals surface area contributed by atoms with Crippen molar-refractivity contribution in [3.8, 4) is 22.6 Å². The van der Waals surface area contributed by atoms with Gasteiger partial charge in [0, 0.05) is 17.4 Å². The summed E-state index contributed by atoms with van der Waals surface area (Å²) in [5.74, 6) is 1.54. The number of rotatable bonds is 4. The first-order valence-corrected chi connectivity index (χ1v) is 11.5. The van der Waals surface area contributed by atoms with Gasteiger partial charge in [-0.3, -0.25) is 4.98 Å². The zero-order valence-corrected chi connectivity index (χ0v) is 19.9. The van der Waals surface area contributed by atoms with E-state index in [1.54, 1.807) is 12.5 Å². The molecule has 0 saturated heterocycles. The lowest BCUT2D eigenvalue weighted by Crippen LogP contribution is -2.12. The van der Waals surface area contributed by atoms with E-state index in [0.29, 0.717) is 5.92 Å². The summed E-state index contributed by atoms with van der Waals surface area (Å²) in [6.45, 7) is 11.1. The van der Waals surface area contributed by atoms with Gasteiger partial charge in [-0.1, -0.05) is 58.9 Å². The average Bonchev–Trinajstić information content (AvgIpc) is 3.18. The second-order valence-corrected chi connectivity index (χ2v) is 10.2. The smallest absolute Gasteiger partial charge is 0.152 e. The van der Waals surface area contributed by atoms with E-state index >= 15 is 0 Å². The number of benzene rings is 2. The monoisotopic (exact) mass is 435 g/mol. The van der Waals surface area contributed by atoms with Crippen LogP contribution in [-0.4, -0.2) is 15.0 Å². The lowest BCUT2D eigenvalue weighted by Gasteiger charge is -2.22. The number of pyridine rings is 1. The minimum atomic E-state index is 0.0209. The Balaban J connectivity index is 1.58. The lowest BCUT2D eigenvalue weighted by molar-refractivity contribution is 0.499. The van der Waals surface area contributed by atoms with Gasteiger partial charge in [-0.2, -0.15) is 0 Å². The van der Waals surface area contributed by atoms with Crippen LogP contribution in [0.25, 0.3) is 44.4 Å². The molecule has 4 heteroatoms. The number of hydrogen-bond acceptors (Lipinski definition) is 4. The molecule has 0 N–H and O–H groups in total. The molecule has 0 saturated carbocycles. The molecule has 33 heavy (non-hydrogen) atoms. The van der Waals surface area contributed by atoms with Crippen LogP contribution in [-0.2, 0) is 11.8 Å². The Labute approximate surface area is 194 Å². The van der Waals surface area contributed by atoms with Crippen LogP contribution in [0, 0.1) is 5.92 Å². The van der Waals surface area contributed by atoms with Crippen LogP contribution in [0.5, 0.6) is 0 Å². The number of aromatic nitrogens is 3. The molecule has 0 fully saturated rings. The summed E-state index contributed by atoms with van der Waals surface area (Å²) in [6, 6.07) is 19.2. The Bertz CT molecular complexity index is 1460. The Morgan fingerprint density at radius 3 is 2.36 bits per heavy atom. The molecule has 3 aromatic heterocycles. The first-order chi connectivity index (χ1) is 15.8. The second kappa shape index (κ2) is 8.11. The van der Waals surface area contributed by atoms with Crippen molar-refractivity contribution in [3.63, 3.8) is 0 Å². The second-order valence-electron chi connectivity index (χ2n) is 10.2. The zero-order chi connectivity index (χ0) is 23.2. The van der Waals surface area contributed by atoms with E-state index in [1.807, 2.05) is 6.07 Å². The molecule has 0 aliphatic carbocycles. The number of hydrogen-bond donors (Lipinski definition) is 0. The summed E-state index contributed by atoms with van der Waals surface area (Å²) in [7, 11) is 0. The Morgan fingerprint density at radius 2 is 1.58 bits per heavy atom. The summed E-state index contributed by atoms with van der Waals surface area (Å²) in [5, 5.41) is 3.56. The molecule has 166 valence electrons. The summed E-state index contributed by atoms with van der Waals surface area (Å²) >= 11 is 0. The Kier molecular flexibility index (Phi) is 5.24. The molecule has 0 radical (unpaired) electrons. The predicted molar refractivity (Wildman–Crippen MR) is 135 cm³/mol. The van der Waals surface area contributed by atoms with Gasteiger partial charge in [0.25, 0.3) is 0 Å². The Morgan fingerprint density at radius 1 is 0.818 bits per heavy atom. The van der Waals surface area contributed by atoms with Gasteiger partial charge in [-0.15, -0.1) is 0 Å². The molecule has 3 heterocycles. The third kappa shape index (κ3) is 4.25. The van der Waals surface area contributed by atoms with E-state index in [4.69, 9.17) is 4.42 Å². The summed E-state index contributed by atoms with van der Waals surface area (Å²) in [5.41, 5.74) is 5.75. The van der Waals surface area contributed by atoms with Crippen LogP contribution in [0.15, 0.2) is 71.5 Å². The highest BCUT2D eigenvalue weighted by molar-refractivity contribution is 5.91. The molecule has 0 atom stereocenters. The minimum absolute atomic E-state index is 0.0209. The third-order valence-electron chi connectivity index (χ3n) is 5.96. The molecule has 0 aliphatic rings. The predicted octanol–water partition coefficient (Wildman–Crippen LogP) is 7.60. The maximum absolute atomic E-state index is 5.95. The van der Waals surface area contributed by atoms with E-state index < -0.39 is 0 Å². The van der Waals surface area contributed by atoms with Gasteiger partial charge in [0.15, 0.2) is 5.58 Å². The summed E-state index contributed by atoms with van der Waals surface area (Å²) in [6.07, 6.45) is 4.34. The summed E-state index contributed by atoms with van der Waals surface area (Å²) in [4.78, 5) is 13.8. The van der Waals surface area contributed by atoms with Crippen molar-refractivity contribution in [3.05, 3.63) is 78.4 Å². The minimum Gasteiger partial charge on any atom is -0.459 e. The fourth-order valence-electron chi connectivity index (χ4n) is 4.38. The maximum Gasteiger partial charge on any atom is 0.152 e. The highest BCUT2D eigenvalue weighted by Crippen LogP contribution is 2.35. The van der Waals surface area contributed by atoms with E-state index in [0.717, 1.165) is 45.8 Å². The number of furan rings is 1. The van der Waals surface area contributed by atoms with Crippen LogP contribution in [0.2, 0.25) is 0 Å². The SMILES string of the molecule is CC(C)Cc1cc2cc(-c3cc(-c4cc(C(C)(C)C)c5ccccc5c4)ncn3)ncc2o1. The van der Waals surface area contributed by atoms with Crippen LogP contribution in [0.1, 0.15) is 45.9 Å². The van der Waals surface area contributed by atoms with Gasteiger partial charge < -0.3 is 4.42 Å². The van der Waals surface area contributed by atoms with E-state index in [1.165, 1.54) is 16.3 Å². The first kappa shape index (κ1) is 21.3. The average molecular weight is 436 g/mol. The van der Waals surface area contributed by atoms with Crippen molar-refractivity contribution in [1.29, 1.82) is 0 Å². The molecule has 0 unspecified atom stereocenters. The van der Waals surface area contributed by atoms with Crippen molar-refractivity contribution in [2.75, 3.05) is 0 Å². The highest BCUT2D eigenvalue weighted by Gasteiger charge is 2.19. The van der Waals surface area contributed by atoms with Crippen LogP contribution in [0.3, 0.4) is 0 Å². The number of nitrogens with zero attached hydrogens (tertiary/aromatic N) is 3. The van der Waals surface area contributed by atoms with E-state index in [-0.39, 0.29) is 5.41 Å². The van der Waals surface area contributed by atoms with Gasteiger partial charge in [-0.25, -0.2) is 9.97 Å². The zero-order valence-electron chi connectivity index (χ0n) is 19.9. The molecule has 0 amide bonds. The van der Waals surface area contributed by atoms with Crippen molar-refractivity contribution in [2.24, 2.45) is 5.92 Å². The first-order valence-electron chi connectivity index (χ1n) is 11.5. The fraction of sp³-hybridized carbons (Fsp3) is 0.276. The van der Waals surface area contributed by atoms with Gasteiger partial charge in [-0.05, 0) is 58.0 Å². The highest BCUT2D eigenvalue weighted by atomic mass is 16.3. The molecule has 5 aromatic rings. The molecule has 0 bridgehead atoms. The van der Waals surface area contributed by atoms with Crippen molar-refractivity contribution < 1.29 is 4.42 Å². The van der Waals surface area contributed by atoms with E-state index in [9.17, 15) is 0 Å². The largest absolute Gasteiger partial charge is 0.459 e. The fourth-order valence-corrected chi connectivity index (χ4v) is 4.38. The topological polar surface area (TPSA) is 51.8 Å². The normalized spacial score (nSPS) is 12.2. The molecule has 4 nitrogen and oxygen atoms in total. The van der Waals surface area contributed by atoms with E-state index in [2.05, 4.69) is 98.1 Å². The van der Waals surface area contributed by atoms with Crippen molar-refractivity contribution in [2.45, 2.75) is 46.5 Å². The van der Waals surface area contributed by atoms with Gasteiger partial charge in [0.1, 0.15) is 12.1 Å². The van der Waals surface area contributed by atoms with Gasteiger partial charge in [0.2, 0.25) is 0 Å². The third-order valence-corrected chi connectivity index (χ3v) is 5.96. The standard InChI is InChI=1S/C29H29N3O/c1-18(2)10-22-12-21-14-26(30-16-28(21)33-22)27-15-25(31-17-32-27)20-11-19-8-6-7-9-23(19)24(13-20)29(3,4)5/h6-9,11-18H,10H2,1-5H3. The van der Waals surface area contributed by atoms with Crippen LogP contribution < -0.4 is 0 Å². The molecule has 0 spiro atoms. The maximum atomic E-state index is 5.95. The van der Waals surface area contributed by atoms with Crippen molar-refractivity contribution >= 4 is 21.7 Å².